The number of piperidine rings is 1. The molecule has 0 bridgehead atoms. The normalized spacial score (nSPS) is 23.4. The second kappa shape index (κ2) is 7.67. The van der Waals surface area contributed by atoms with E-state index in [1.54, 1.807) is 23.1 Å². The molecule has 8 nitrogen and oxygen atoms in total. The van der Waals surface area contributed by atoms with Gasteiger partial charge in [0.05, 0.1) is 4.90 Å². The number of carbonyl (C=O) groups excluding carboxylic acids is 2. The van der Waals surface area contributed by atoms with Crippen LogP contribution in [0.15, 0.2) is 34.2 Å². The van der Waals surface area contributed by atoms with Gasteiger partial charge < -0.3 is 9.64 Å². The maximum atomic E-state index is 12.2. The lowest BCUT2D eigenvalue weighted by atomic mass is 10.0. The lowest BCUT2D eigenvalue weighted by Crippen LogP contribution is -2.41. The van der Waals surface area contributed by atoms with Crippen LogP contribution >= 0.6 is 0 Å². The van der Waals surface area contributed by atoms with Crippen molar-refractivity contribution in [3.8, 4) is 0 Å². The van der Waals surface area contributed by atoms with Gasteiger partial charge in [-0.15, -0.1) is 0 Å². The van der Waals surface area contributed by atoms with E-state index in [9.17, 15) is 18.0 Å². The van der Waals surface area contributed by atoms with Crippen LogP contribution in [0, 0.1) is 5.92 Å². The number of amidine groups is 1. The summed E-state index contributed by atoms with van der Waals surface area (Å²) in [6, 6.07) is 5.46. The number of likely N-dealkylation sites (tertiary alicyclic amines) is 1. The van der Waals surface area contributed by atoms with Crippen LogP contribution < -0.4 is 4.72 Å². The molecule has 1 saturated heterocycles. The summed E-state index contributed by atoms with van der Waals surface area (Å²) in [7, 11) is -3.67. The molecule has 0 radical (unpaired) electrons. The van der Waals surface area contributed by atoms with Crippen molar-refractivity contribution in [2.75, 3.05) is 19.7 Å². The second-order valence-corrected chi connectivity index (χ2v) is 8.60. The fourth-order valence-electron chi connectivity index (χ4n) is 3.24. The molecule has 2 aliphatic rings. The summed E-state index contributed by atoms with van der Waals surface area (Å²) in [5, 5.41) is 0. The number of ether oxygens (including phenoxy) is 1. The summed E-state index contributed by atoms with van der Waals surface area (Å²) in [6.07, 6.45) is 2.04. The van der Waals surface area contributed by atoms with Crippen molar-refractivity contribution >= 4 is 27.7 Å². The van der Waals surface area contributed by atoms with Gasteiger partial charge in [0.2, 0.25) is 0 Å². The van der Waals surface area contributed by atoms with E-state index in [-0.39, 0.29) is 23.2 Å². The van der Waals surface area contributed by atoms with Gasteiger partial charge >= 0.3 is 5.97 Å². The van der Waals surface area contributed by atoms with E-state index >= 15 is 0 Å². The molecule has 2 atom stereocenters. The number of fused-ring (bicyclic) bond motifs is 1. The molecule has 0 aromatic heterocycles. The number of hydrogen-bond donors (Lipinski definition) is 1. The van der Waals surface area contributed by atoms with E-state index in [4.69, 9.17) is 4.74 Å². The number of amides is 1. The fourth-order valence-corrected chi connectivity index (χ4v) is 4.48. The maximum absolute atomic E-state index is 12.2. The highest BCUT2D eigenvalue weighted by Crippen LogP contribution is 2.22. The summed E-state index contributed by atoms with van der Waals surface area (Å²) in [4.78, 5) is 30.3. The van der Waals surface area contributed by atoms with Crippen molar-refractivity contribution < 1.29 is 22.7 Å². The molecule has 146 valence electrons. The molecule has 0 spiro atoms. The predicted octanol–water partition coefficient (Wildman–Crippen LogP) is 0.915. The van der Waals surface area contributed by atoms with Crippen LogP contribution in [0.1, 0.15) is 32.3 Å². The summed E-state index contributed by atoms with van der Waals surface area (Å²) >= 11 is 0. The lowest BCUT2D eigenvalue weighted by molar-refractivity contribution is -0.153. The largest absolute Gasteiger partial charge is 0.454 e. The molecule has 9 heteroatoms. The molecule has 1 fully saturated rings. The van der Waals surface area contributed by atoms with Gasteiger partial charge in [-0.25, -0.2) is 13.2 Å². The minimum atomic E-state index is -3.67. The van der Waals surface area contributed by atoms with E-state index in [1.165, 1.54) is 13.0 Å². The number of nitrogens with one attached hydrogen (secondary N) is 1. The van der Waals surface area contributed by atoms with Crippen LogP contribution in [0.4, 0.5) is 0 Å². The number of aliphatic imine (C=N–C) groups is 1. The highest BCUT2D eigenvalue weighted by Gasteiger charge is 2.31. The molecular formula is C18H23N3O5S. The molecule has 0 saturated carbocycles. The number of sulfonamides is 1. The standard InChI is InChI=1S/C18H23N3O5S/c1-12-6-5-9-21(10-12)16(22)11-26-18(23)13(2)19-17-14-7-3-4-8-15(14)27(24,25)20-17/h3-4,7-8,12-13H,5-6,9-11H2,1-2H3,(H,19,20)/t12?,13-/m0/s1. The van der Waals surface area contributed by atoms with Crippen molar-refractivity contribution in [1.29, 1.82) is 0 Å². The Bertz CT molecular complexity index is 881. The summed E-state index contributed by atoms with van der Waals surface area (Å²) in [5.74, 6) is -0.350. The number of nitrogens with zero attached hydrogens (tertiary/aromatic N) is 2. The van der Waals surface area contributed by atoms with Crippen molar-refractivity contribution in [3.63, 3.8) is 0 Å². The first-order valence-electron chi connectivity index (χ1n) is 8.92. The summed E-state index contributed by atoms with van der Waals surface area (Å²) in [6.45, 7) is 4.61. The Kier molecular flexibility index (Phi) is 5.50. The average Bonchev–Trinajstić information content (AvgIpc) is 2.90. The molecule has 1 aromatic rings. The van der Waals surface area contributed by atoms with E-state index in [0.717, 1.165) is 12.8 Å². The predicted molar refractivity (Wildman–Crippen MR) is 98.7 cm³/mol. The summed E-state index contributed by atoms with van der Waals surface area (Å²) in [5.41, 5.74) is 0.413. The number of hydrogen-bond acceptors (Lipinski definition) is 6. The zero-order valence-electron chi connectivity index (χ0n) is 15.3. The first-order valence-corrected chi connectivity index (χ1v) is 10.4. The van der Waals surface area contributed by atoms with Crippen molar-refractivity contribution in [1.82, 2.24) is 9.62 Å². The Morgan fingerprint density at radius 3 is 2.85 bits per heavy atom. The van der Waals surface area contributed by atoms with Crippen LogP contribution in [0.2, 0.25) is 0 Å². The minimum absolute atomic E-state index is 0.103. The summed E-state index contributed by atoms with van der Waals surface area (Å²) < 4.78 is 31.6. The Morgan fingerprint density at radius 2 is 2.11 bits per heavy atom. The molecule has 2 aliphatic heterocycles. The third kappa shape index (κ3) is 4.29. The molecule has 3 rings (SSSR count). The Balaban J connectivity index is 1.61. The SMILES string of the molecule is CC1CCCN(C(=O)COC(=O)[C@H](C)N=C2NS(=O)(=O)c3ccccc32)C1. The molecule has 1 unspecified atom stereocenters. The fraction of sp³-hybridized carbons (Fsp3) is 0.500. The Hall–Kier alpha value is -2.42. The lowest BCUT2D eigenvalue weighted by Gasteiger charge is -2.30. The smallest absolute Gasteiger partial charge is 0.331 e. The van der Waals surface area contributed by atoms with Gasteiger partial charge in [0.15, 0.2) is 6.61 Å². The number of benzene rings is 1. The van der Waals surface area contributed by atoms with Crippen molar-refractivity contribution in [2.24, 2.45) is 10.9 Å². The monoisotopic (exact) mass is 393 g/mol. The second-order valence-electron chi connectivity index (χ2n) is 6.95. The molecule has 0 aliphatic carbocycles. The Morgan fingerprint density at radius 1 is 1.37 bits per heavy atom. The molecule has 27 heavy (non-hydrogen) atoms. The van der Waals surface area contributed by atoms with E-state index in [0.29, 0.717) is 24.6 Å². The molecule has 1 N–H and O–H groups in total. The van der Waals surface area contributed by atoms with Gasteiger partial charge in [-0.3, -0.25) is 14.5 Å². The number of rotatable bonds is 4. The van der Waals surface area contributed by atoms with Gasteiger partial charge in [-0.05, 0) is 37.8 Å². The van der Waals surface area contributed by atoms with E-state index in [1.807, 2.05) is 0 Å². The maximum Gasteiger partial charge on any atom is 0.331 e. The van der Waals surface area contributed by atoms with Crippen molar-refractivity contribution in [3.05, 3.63) is 29.8 Å². The first kappa shape index (κ1) is 19.3. The van der Waals surface area contributed by atoms with Gasteiger partial charge in [0.25, 0.3) is 15.9 Å². The van der Waals surface area contributed by atoms with Gasteiger partial charge in [-0.1, -0.05) is 19.1 Å². The topological polar surface area (TPSA) is 105 Å². The Labute approximate surface area is 158 Å². The van der Waals surface area contributed by atoms with Gasteiger partial charge in [0, 0.05) is 18.7 Å². The van der Waals surface area contributed by atoms with Crippen LogP contribution in [0.5, 0.6) is 0 Å². The quantitative estimate of drug-likeness (QED) is 0.766. The first-order chi connectivity index (χ1) is 12.8. The van der Waals surface area contributed by atoms with Gasteiger partial charge in [0.1, 0.15) is 11.9 Å². The third-order valence-electron chi connectivity index (χ3n) is 4.67. The molecule has 2 heterocycles. The van der Waals surface area contributed by atoms with E-state index < -0.39 is 22.0 Å². The van der Waals surface area contributed by atoms with Crippen LogP contribution in [-0.2, 0) is 24.3 Å². The highest BCUT2D eigenvalue weighted by atomic mass is 32.2. The van der Waals surface area contributed by atoms with E-state index in [2.05, 4.69) is 16.6 Å². The van der Waals surface area contributed by atoms with Crippen LogP contribution in [-0.4, -0.2) is 56.8 Å². The zero-order valence-corrected chi connectivity index (χ0v) is 16.2. The minimum Gasteiger partial charge on any atom is -0.454 e. The van der Waals surface area contributed by atoms with Crippen LogP contribution in [0.3, 0.4) is 0 Å². The highest BCUT2D eigenvalue weighted by molar-refractivity contribution is 7.90. The van der Waals surface area contributed by atoms with Gasteiger partial charge in [-0.2, -0.15) is 0 Å². The molecule has 1 aromatic carbocycles. The number of esters is 1. The third-order valence-corrected chi connectivity index (χ3v) is 6.07. The molecular weight excluding hydrogens is 370 g/mol. The molecule has 1 amide bonds. The number of carbonyl (C=O) groups is 2. The van der Waals surface area contributed by atoms with Crippen LogP contribution in [0.25, 0.3) is 0 Å². The average molecular weight is 393 g/mol. The zero-order chi connectivity index (χ0) is 19.6. The van der Waals surface area contributed by atoms with Crippen molar-refractivity contribution in [2.45, 2.75) is 37.6 Å².